The molecule has 1 heteroatoms. The third-order valence-corrected chi connectivity index (χ3v) is 3.51. The number of allylic oxidation sites excluding steroid dienone is 1. The van der Waals surface area contributed by atoms with Gasteiger partial charge in [0.1, 0.15) is 0 Å². The van der Waals surface area contributed by atoms with E-state index in [9.17, 15) is 0 Å². The molecule has 0 radical (unpaired) electrons. The van der Waals surface area contributed by atoms with Gasteiger partial charge in [-0.1, -0.05) is 65.9 Å². The average molecular weight is 304 g/mol. The first-order valence-electron chi connectivity index (χ1n) is 7.92. The second-order valence-electron chi connectivity index (χ2n) is 6.29. The third kappa shape index (κ3) is 6.14. The van der Waals surface area contributed by atoms with Crippen molar-refractivity contribution in [3.05, 3.63) is 83.9 Å². The van der Waals surface area contributed by atoms with Gasteiger partial charge in [-0.15, -0.1) is 6.58 Å². The van der Waals surface area contributed by atoms with Gasteiger partial charge in [-0.3, -0.25) is 0 Å². The highest BCUT2D eigenvalue weighted by atomic mass is 16.5. The minimum absolute atomic E-state index is 0.226. The van der Waals surface area contributed by atoms with Gasteiger partial charge in [0.05, 0.1) is 18.6 Å². The molecule has 0 aliphatic heterocycles. The molecule has 0 saturated heterocycles. The molecule has 1 unspecified atom stereocenters. The summed E-state index contributed by atoms with van der Waals surface area (Å²) in [7, 11) is 0. The zero-order valence-electron chi connectivity index (χ0n) is 14.0. The summed E-state index contributed by atoms with van der Waals surface area (Å²) in [5, 5.41) is 0. The Morgan fingerprint density at radius 3 is 2.26 bits per heavy atom. The molecule has 0 aliphatic rings. The molecule has 1 nitrogen and oxygen atoms in total. The lowest BCUT2D eigenvalue weighted by atomic mass is 9.85. The summed E-state index contributed by atoms with van der Waals surface area (Å²) in [6.45, 7) is 9.42. The van der Waals surface area contributed by atoms with E-state index in [1.54, 1.807) is 0 Å². The molecule has 0 aromatic heterocycles. The van der Waals surface area contributed by atoms with Gasteiger partial charge in [-0.05, 0) is 38.0 Å². The Balaban J connectivity index is 2.03. The molecule has 0 saturated carbocycles. The van der Waals surface area contributed by atoms with Gasteiger partial charge < -0.3 is 4.74 Å². The number of hydrogen-bond donors (Lipinski definition) is 0. The Labute approximate surface area is 140 Å². The van der Waals surface area contributed by atoms with Gasteiger partial charge in [0.15, 0.2) is 0 Å². The molecule has 0 N–H and O–H groups in total. The molecule has 118 valence electrons. The van der Waals surface area contributed by atoms with Crippen molar-refractivity contribution in [2.24, 2.45) is 5.41 Å². The first kappa shape index (κ1) is 17.1. The van der Waals surface area contributed by atoms with Gasteiger partial charge in [-0.25, -0.2) is 0 Å². The Morgan fingerprint density at radius 1 is 1.04 bits per heavy atom. The maximum absolute atomic E-state index is 5.93. The number of rotatable bonds is 6. The largest absolute Gasteiger partial charge is 0.375 e. The molecular formula is C22H24O. The third-order valence-electron chi connectivity index (χ3n) is 3.51. The Bertz CT molecular complexity index is 676. The van der Waals surface area contributed by atoms with Crippen LogP contribution in [0.25, 0.3) is 0 Å². The van der Waals surface area contributed by atoms with Crippen LogP contribution in [-0.2, 0) is 11.3 Å². The molecule has 2 aromatic carbocycles. The van der Waals surface area contributed by atoms with E-state index in [1.807, 2.05) is 55.5 Å². The Morgan fingerprint density at radius 2 is 1.65 bits per heavy atom. The topological polar surface area (TPSA) is 9.23 Å². The van der Waals surface area contributed by atoms with Gasteiger partial charge in [0.2, 0.25) is 0 Å². The molecule has 2 rings (SSSR count). The second kappa shape index (κ2) is 8.36. The van der Waals surface area contributed by atoms with E-state index in [4.69, 9.17) is 4.74 Å². The fourth-order valence-electron chi connectivity index (χ4n) is 2.51. The van der Waals surface area contributed by atoms with E-state index >= 15 is 0 Å². The van der Waals surface area contributed by atoms with Crippen LogP contribution in [0.4, 0.5) is 0 Å². The lowest BCUT2D eigenvalue weighted by Gasteiger charge is -2.24. The minimum Gasteiger partial charge on any atom is -0.375 e. The highest BCUT2D eigenvalue weighted by molar-refractivity contribution is 5.35. The summed E-state index contributed by atoms with van der Waals surface area (Å²) in [5.41, 5.74) is 3.11. The molecular weight excluding hydrogens is 280 g/mol. The molecule has 0 amide bonds. The van der Waals surface area contributed by atoms with Gasteiger partial charge in [0.25, 0.3) is 0 Å². The molecule has 0 heterocycles. The van der Waals surface area contributed by atoms with Crippen molar-refractivity contribution in [3.8, 4) is 11.8 Å². The van der Waals surface area contributed by atoms with Crippen LogP contribution in [0.5, 0.6) is 0 Å². The first-order valence-corrected chi connectivity index (χ1v) is 7.92. The van der Waals surface area contributed by atoms with Crippen molar-refractivity contribution in [3.63, 3.8) is 0 Å². The van der Waals surface area contributed by atoms with Gasteiger partial charge in [-0.2, -0.15) is 0 Å². The summed E-state index contributed by atoms with van der Waals surface area (Å²) in [6.07, 6.45) is 0.835. The summed E-state index contributed by atoms with van der Waals surface area (Å²) >= 11 is 0. The fraction of sp³-hybridized carbons (Fsp3) is 0.273. The molecule has 23 heavy (non-hydrogen) atoms. The smallest absolute Gasteiger partial charge is 0.0717 e. The normalized spacial score (nSPS) is 12.8. The Kier molecular flexibility index (Phi) is 6.20. The van der Waals surface area contributed by atoms with Crippen LogP contribution in [0.15, 0.2) is 72.8 Å². The molecule has 0 aliphatic carbocycles. The zero-order chi connectivity index (χ0) is 16.5. The average Bonchev–Trinajstić information content (AvgIpc) is 2.54. The minimum atomic E-state index is -0.226. The van der Waals surface area contributed by atoms with E-state index in [1.165, 1.54) is 5.56 Å². The molecule has 1 atom stereocenters. The number of benzene rings is 2. The molecule has 0 fully saturated rings. The molecule has 0 bridgehead atoms. The van der Waals surface area contributed by atoms with Crippen LogP contribution >= 0.6 is 0 Å². The van der Waals surface area contributed by atoms with Crippen LogP contribution in [0.1, 0.15) is 31.4 Å². The lowest BCUT2D eigenvalue weighted by Crippen LogP contribution is -2.22. The number of hydrogen-bond acceptors (Lipinski definition) is 1. The maximum atomic E-state index is 5.93. The lowest BCUT2D eigenvalue weighted by molar-refractivity contribution is 0.0683. The van der Waals surface area contributed by atoms with E-state index < -0.39 is 0 Å². The second-order valence-corrected chi connectivity index (χ2v) is 6.29. The summed E-state index contributed by atoms with van der Waals surface area (Å²) in [6, 6.07) is 20.3. The summed E-state index contributed by atoms with van der Waals surface area (Å²) in [4.78, 5) is 0. The number of ether oxygens (including phenoxy) is 1. The monoisotopic (exact) mass is 304 g/mol. The maximum Gasteiger partial charge on any atom is 0.0717 e. The summed E-state index contributed by atoms with van der Waals surface area (Å²) < 4.78 is 5.93. The van der Waals surface area contributed by atoms with Gasteiger partial charge >= 0.3 is 0 Å². The van der Waals surface area contributed by atoms with Crippen LogP contribution in [0, 0.1) is 17.3 Å². The van der Waals surface area contributed by atoms with E-state index in [0.29, 0.717) is 13.2 Å². The highest BCUT2D eigenvalue weighted by Crippen LogP contribution is 2.25. The Hall–Kier alpha value is -2.30. The van der Waals surface area contributed by atoms with Crippen molar-refractivity contribution >= 4 is 0 Å². The quantitative estimate of drug-likeness (QED) is 0.524. The van der Waals surface area contributed by atoms with Crippen LogP contribution < -0.4 is 0 Å². The van der Waals surface area contributed by atoms with Crippen molar-refractivity contribution < 1.29 is 4.74 Å². The summed E-state index contributed by atoms with van der Waals surface area (Å²) in [5.74, 6) is 6.66. The van der Waals surface area contributed by atoms with Crippen molar-refractivity contribution in [1.82, 2.24) is 0 Å². The standard InChI is InChI=1S/C22H24O/c1-19(2)16-22(3,15-14-20-10-6-4-7-11-20)18-23-17-21-12-8-5-9-13-21/h4-13H,1,16-18H2,2-3H3. The predicted octanol–water partition coefficient (Wildman–Crippen LogP) is 5.23. The molecule has 0 spiro atoms. The van der Waals surface area contributed by atoms with Crippen molar-refractivity contribution in [2.45, 2.75) is 26.9 Å². The van der Waals surface area contributed by atoms with E-state index in [0.717, 1.165) is 17.6 Å². The van der Waals surface area contributed by atoms with Crippen molar-refractivity contribution in [2.75, 3.05) is 6.61 Å². The van der Waals surface area contributed by atoms with Crippen molar-refractivity contribution in [1.29, 1.82) is 0 Å². The van der Waals surface area contributed by atoms with Crippen LogP contribution in [0.2, 0.25) is 0 Å². The first-order chi connectivity index (χ1) is 11.1. The molecule has 2 aromatic rings. The fourth-order valence-corrected chi connectivity index (χ4v) is 2.51. The SMILES string of the molecule is C=C(C)CC(C)(C#Cc1ccccc1)COCc1ccccc1. The zero-order valence-corrected chi connectivity index (χ0v) is 14.0. The van der Waals surface area contributed by atoms with E-state index in [2.05, 4.69) is 37.5 Å². The van der Waals surface area contributed by atoms with Crippen LogP contribution in [-0.4, -0.2) is 6.61 Å². The predicted molar refractivity (Wildman–Crippen MR) is 97.0 cm³/mol. The van der Waals surface area contributed by atoms with E-state index in [-0.39, 0.29) is 5.41 Å². The van der Waals surface area contributed by atoms with Gasteiger partial charge in [0, 0.05) is 5.56 Å². The highest BCUT2D eigenvalue weighted by Gasteiger charge is 2.22. The van der Waals surface area contributed by atoms with Crippen LogP contribution in [0.3, 0.4) is 0 Å².